The molecule has 128 valence electrons. The Bertz CT molecular complexity index is 688. The molecule has 0 bridgehead atoms. The number of nitrogens with one attached hydrogen (secondary N) is 2. The first-order valence-electron chi connectivity index (χ1n) is 8.31. The fraction of sp³-hybridized carbons (Fsp3) is 0.444. The van der Waals surface area contributed by atoms with E-state index in [2.05, 4.69) is 20.6 Å². The van der Waals surface area contributed by atoms with E-state index in [1.807, 2.05) is 37.3 Å². The lowest BCUT2D eigenvalue weighted by Gasteiger charge is -2.14. The summed E-state index contributed by atoms with van der Waals surface area (Å²) in [6.45, 7) is 2.57. The van der Waals surface area contributed by atoms with Crippen molar-refractivity contribution >= 4 is 11.8 Å². The van der Waals surface area contributed by atoms with E-state index in [0.29, 0.717) is 18.4 Å². The highest BCUT2D eigenvalue weighted by Crippen LogP contribution is 2.40. The summed E-state index contributed by atoms with van der Waals surface area (Å²) < 4.78 is 5.38. The Labute approximate surface area is 142 Å². The summed E-state index contributed by atoms with van der Waals surface area (Å²) in [4.78, 5) is 9.09. The van der Waals surface area contributed by atoms with Crippen molar-refractivity contribution in [3.05, 3.63) is 41.6 Å². The summed E-state index contributed by atoms with van der Waals surface area (Å²) in [5.74, 6) is 2.73. The number of aliphatic hydroxyl groups is 1. The van der Waals surface area contributed by atoms with Crippen molar-refractivity contribution in [3.63, 3.8) is 0 Å². The smallest absolute Gasteiger partial charge is 0.225 e. The van der Waals surface area contributed by atoms with Gasteiger partial charge in [-0.2, -0.15) is 4.98 Å². The van der Waals surface area contributed by atoms with Gasteiger partial charge in [0.25, 0.3) is 0 Å². The molecule has 0 amide bonds. The highest BCUT2D eigenvalue weighted by Gasteiger charge is 2.26. The van der Waals surface area contributed by atoms with Crippen LogP contribution in [0.15, 0.2) is 30.3 Å². The maximum Gasteiger partial charge on any atom is 0.225 e. The van der Waals surface area contributed by atoms with Crippen molar-refractivity contribution in [2.75, 3.05) is 24.4 Å². The molecule has 1 aromatic carbocycles. The predicted molar refractivity (Wildman–Crippen MR) is 94.5 cm³/mol. The van der Waals surface area contributed by atoms with Crippen molar-refractivity contribution in [1.82, 2.24) is 9.97 Å². The molecule has 3 rings (SSSR count). The van der Waals surface area contributed by atoms with Gasteiger partial charge in [0.2, 0.25) is 5.95 Å². The second kappa shape index (κ2) is 7.49. The molecule has 1 fully saturated rings. The Balaban J connectivity index is 1.76. The molecule has 0 saturated heterocycles. The summed E-state index contributed by atoms with van der Waals surface area (Å²) in [6.07, 6.45) is 2.36. The van der Waals surface area contributed by atoms with Gasteiger partial charge in [-0.3, -0.25) is 0 Å². The normalized spacial score (nSPS) is 15.0. The summed E-state index contributed by atoms with van der Waals surface area (Å²) in [5.41, 5.74) is 2.13. The third-order valence-electron chi connectivity index (χ3n) is 4.04. The number of hydrogen-bond acceptors (Lipinski definition) is 6. The fourth-order valence-corrected chi connectivity index (χ4v) is 2.51. The number of hydrogen-bond donors (Lipinski definition) is 3. The van der Waals surface area contributed by atoms with Crippen LogP contribution in [0, 0.1) is 0 Å². The fourth-order valence-electron chi connectivity index (χ4n) is 2.51. The van der Waals surface area contributed by atoms with Gasteiger partial charge in [0.15, 0.2) is 0 Å². The summed E-state index contributed by atoms with van der Waals surface area (Å²) in [6, 6.07) is 9.86. The third-order valence-corrected chi connectivity index (χ3v) is 4.04. The molecule has 6 heteroatoms. The lowest BCUT2D eigenvalue weighted by Crippen LogP contribution is -2.21. The van der Waals surface area contributed by atoms with Gasteiger partial charge in [0.1, 0.15) is 11.6 Å². The molecule has 1 aromatic heterocycles. The van der Waals surface area contributed by atoms with Crippen LogP contribution in [0.5, 0.6) is 5.75 Å². The molecular weight excluding hydrogens is 304 g/mol. The zero-order valence-electron chi connectivity index (χ0n) is 14.1. The van der Waals surface area contributed by atoms with Crippen LogP contribution in [0.3, 0.4) is 0 Å². The van der Waals surface area contributed by atoms with Crippen LogP contribution >= 0.6 is 0 Å². The zero-order chi connectivity index (χ0) is 16.9. The number of benzene rings is 1. The van der Waals surface area contributed by atoms with Gasteiger partial charge in [-0.05, 0) is 25.8 Å². The minimum Gasteiger partial charge on any atom is -0.496 e. The van der Waals surface area contributed by atoms with E-state index < -0.39 is 0 Å². The van der Waals surface area contributed by atoms with Gasteiger partial charge >= 0.3 is 0 Å². The summed E-state index contributed by atoms with van der Waals surface area (Å²) in [7, 11) is 1.67. The number of methoxy groups -OCH3 is 1. The van der Waals surface area contributed by atoms with E-state index in [4.69, 9.17) is 4.74 Å². The Morgan fingerprint density at radius 3 is 2.79 bits per heavy atom. The largest absolute Gasteiger partial charge is 0.496 e. The van der Waals surface area contributed by atoms with Crippen LogP contribution in [-0.4, -0.2) is 34.8 Å². The van der Waals surface area contributed by atoms with E-state index >= 15 is 0 Å². The van der Waals surface area contributed by atoms with E-state index in [-0.39, 0.29) is 12.6 Å². The molecule has 1 aliphatic carbocycles. The molecule has 0 spiro atoms. The van der Waals surface area contributed by atoms with Gasteiger partial charge in [0.05, 0.1) is 19.4 Å². The molecule has 1 aliphatic rings. The number of anilines is 2. The van der Waals surface area contributed by atoms with Crippen molar-refractivity contribution in [2.24, 2.45) is 0 Å². The Morgan fingerprint density at radius 1 is 1.29 bits per heavy atom. The first kappa shape index (κ1) is 16.5. The monoisotopic (exact) mass is 328 g/mol. The average Bonchev–Trinajstić information content (AvgIpc) is 3.45. The maximum atomic E-state index is 9.22. The van der Waals surface area contributed by atoms with Gasteiger partial charge in [-0.25, -0.2) is 4.98 Å². The lowest BCUT2D eigenvalue weighted by atomic mass is 10.2. The van der Waals surface area contributed by atoms with Crippen molar-refractivity contribution < 1.29 is 9.84 Å². The number of rotatable bonds is 8. The summed E-state index contributed by atoms with van der Waals surface area (Å²) in [5, 5.41) is 15.7. The van der Waals surface area contributed by atoms with Gasteiger partial charge in [-0.15, -0.1) is 0 Å². The second-order valence-electron chi connectivity index (χ2n) is 6.17. The molecule has 0 radical (unpaired) electrons. The van der Waals surface area contributed by atoms with Crippen LogP contribution in [0.4, 0.5) is 11.8 Å². The molecule has 0 aliphatic heterocycles. The molecule has 6 nitrogen and oxygen atoms in total. The van der Waals surface area contributed by atoms with E-state index in [1.54, 1.807) is 7.11 Å². The molecule has 24 heavy (non-hydrogen) atoms. The third kappa shape index (κ3) is 4.14. The van der Waals surface area contributed by atoms with Gasteiger partial charge in [0, 0.05) is 30.1 Å². The quantitative estimate of drug-likeness (QED) is 0.691. The molecule has 0 unspecified atom stereocenters. The van der Waals surface area contributed by atoms with Crippen molar-refractivity contribution in [1.29, 1.82) is 0 Å². The molecular formula is C18H24N4O2. The number of ether oxygens (including phenoxy) is 1. The Kier molecular flexibility index (Phi) is 5.15. The van der Waals surface area contributed by atoms with Crippen molar-refractivity contribution in [2.45, 2.75) is 38.3 Å². The highest BCUT2D eigenvalue weighted by molar-refractivity contribution is 5.46. The minimum atomic E-state index is -0.0819. The molecule has 2 aromatic rings. The first-order valence-corrected chi connectivity index (χ1v) is 8.31. The van der Waals surface area contributed by atoms with E-state index in [0.717, 1.165) is 22.8 Å². The SMILES string of the molecule is COc1ccccc1CNc1cc(C2CC2)nc(N[C@H](C)CO)n1. The molecule has 1 heterocycles. The Hall–Kier alpha value is -2.34. The summed E-state index contributed by atoms with van der Waals surface area (Å²) >= 11 is 0. The highest BCUT2D eigenvalue weighted by atomic mass is 16.5. The Morgan fingerprint density at radius 2 is 2.08 bits per heavy atom. The second-order valence-corrected chi connectivity index (χ2v) is 6.17. The standard InChI is InChI=1S/C18H24N4O2/c1-12(11-23)20-18-21-15(13-7-8-13)9-17(22-18)19-10-14-5-3-4-6-16(14)24-2/h3-6,9,12-13,23H,7-8,10-11H2,1-2H3,(H2,19,20,21,22)/t12-/m1/s1. The van der Waals surface area contributed by atoms with Gasteiger partial charge in [-0.1, -0.05) is 18.2 Å². The van der Waals surface area contributed by atoms with Gasteiger partial charge < -0.3 is 20.5 Å². The maximum absolute atomic E-state index is 9.22. The zero-order valence-corrected chi connectivity index (χ0v) is 14.1. The molecule has 1 atom stereocenters. The van der Waals surface area contributed by atoms with Crippen LogP contribution in [0.2, 0.25) is 0 Å². The van der Waals surface area contributed by atoms with E-state index in [1.165, 1.54) is 12.8 Å². The number of aliphatic hydroxyl groups excluding tert-OH is 1. The number of para-hydroxylation sites is 1. The van der Waals surface area contributed by atoms with E-state index in [9.17, 15) is 5.11 Å². The van der Waals surface area contributed by atoms with Crippen LogP contribution < -0.4 is 15.4 Å². The topological polar surface area (TPSA) is 79.3 Å². The lowest BCUT2D eigenvalue weighted by molar-refractivity contribution is 0.281. The first-order chi connectivity index (χ1) is 11.7. The molecule has 3 N–H and O–H groups in total. The molecule has 1 saturated carbocycles. The predicted octanol–water partition coefficient (Wildman–Crippen LogP) is 2.77. The van der Waals surface area contributed by atoms with Crippen LogP contribution in [0.1, 0.15) is 36.9 Å². The van der Waals surface area contributed by atoms with Crippen LogP contribution in [-0.2, 0) is 6.54 Å². The van der Waals surface area contributed by atoms with Crippen LogP contribution in [0.25, 0.3) is 0 Å². The van der Waals surface area contributed by atoms with Crippen molar-refractivity contribution in [3.8, 4) is 5.75 Å². The number of nitrogens with zero attached hydrogens (tertiary/aromatic N) is 2. The number of aromatic nitrogens is 2. The average molecular weight is 328 g/mol. The minimum absolute atomic E-state index is 0.0427.